The molecule has 0 aromatic carbocycles. The zero-order valence-electron chi connectivity index (χ0n) is 32.8. The Morgan fingerprint density at radius 3 is 1.29 bits per heavy atom. The lowest BCUT2D eigenvalue weighted by Gasteiger charge is -2.16. The topological polar surface area (TPSA) is 320 Å². The molecule has 0 bridgehead atoms. The predicted octanol–water partition coefficient (Wildman–Crippen LogP) is 1.59. The molecule has 2 aliphatic rings. The third-order valence-corrected chi connectivity index (χ3v) is 6.76. The molecule has 0 aromatic rings. The van der Waals surface area contributed by atoms with Crippen molar-refractivity contribution >= 4 is 54.5 Å². The first-order chi connectivity index (χ1) is 27.3. The Labute approximate surface area is 338 Å². The molecule has 0 aromatic heterocycles. The maximum Gasteiger partial charge on any atom is 0.519 e. The van der Waals surface area contributed by atoms with E-state index >= 15 is 0 Å². The minimum atomic E-state index is -1.37. The number of carbonyl (C=O) groups is 7. The first kappa shape index (κ1) is 53.5. The first-order valence-corrected chi connectivity index (χ1v) is 18.1. The number of hydrogen-bond acceptors (Lipinski definition) is 24. The van der Waals surface area contributed by atoms with Crippen LogP contribution in [0.1, 0.15) is 41.5 Å². The summed E-state index contributed by atoms with van der Waals surface area (Å²) in [6.45, 7) is 8.27. The van der Waals surface area contributed by atoms with E-state index in [4.69, 9.17) is 60.4 Å². The fourth-order valence-electron chi connectivity index (χ4n) is 3.67. The molecule has 9 atom stereocenters. The van der Waals surface area contributed by atoms with Crippen LogP contribution in [0.3, 0.4) is 0 Å². The monoisotopic (exact) mass is 868 g/mol. The Hall–Kier alpha value is -4.46. The molecule has 0 spiro atoms. The van der Waals surface area contributed by atoms with E-state index < -0.39 is 86.3 Å². The molecular formula is C33H53ClO24. The second-order valence-electron chi connectivity index (χ2n) is 12.5. The Bertz CT molecular complexity index is 1250. The molecule has 25 heteroatoms. The summed E-state index contributed by atoms with van der Waals surface area (Å²) in [4.78, 5) is 77.7. The van der Waals surface area contributed by atoms with Gasteiger partial charge < -0.3 is 82.0 Å². The molecule has 24 nitrogen and oxygen atoms in total. The highest BCUT2D eigenvalue weighted by molar-refractivity contribution is 6.18. The largest absolute Gasteiger partial charge is 0.519 e. The van der Waals surface area contributed by atoms with Gasteiger partial charge in [0.05, 0.1) is 51.3 Å². The van der Waals surface area contributed by atoms with E-state index in [0.717, 1.165) is 0 Å². The number of fused-ring (bicyclic) bond motifs is 1. The summed E-state index contributed by atoms with van der Waals surface area (Å²) in [5.74, 6) is 0.0799. The molecule has 0 radical (unpaired) electrons. The van der Waals surface area contributed by atoms with Gasteiger partial charge in [0.25, 0.3) is 0 Å². The van der Waals surface area contributed by atoms with Crippen LogP contribution in [-0.4, -0.2) is 178 Å². The maximum absolute atomic E-state index is 11.6. The van der Waals surface area contributed by atoms with Crippen LogP contribution < -0.4 is 0 Å². The lowest BCUT2D eigenvalue weighted by Crippen LogP contribution is -2.36. The molecule has 2 heterocycles. The number of esters is 1. The molecule has 2 saturated heterocycles. The van der Waals surface area contributed by atoms with Crippen LogP contribution in [0.15, 0.2) is 0 Å². The fourth-order valence-corrected chi connectivity index (χ4v) is 3.76. The lowest BCUT2D eigenvalue weighted by atomic mass is 10.1. The van der Waals surface area contributed by atoms with Gasteiger partial charge in [-0.3, -0.25) is 4.79 Å². The summed E-state index contributed by atoms with van der Waals surface area (Å²) in [5, 5.41) is 35.1. The number of rotatable bonds is 17. The van der Waals surface area contributed by atoms with Gasteiger partial charge in [0.15, 0.2) is 12.2 Å². The predicted molar refractivity (Wildman–Crippen MR) is 187 cm³/mol. The summed E-state index contributed by atoms with van der Waals surface area (Å²) in [6.07, 6.45) is -12.9. The molecule has 4 N–H and O–H groups in total. The minimum absolute atomic E-state index is 0.0475. The van der Waals surface area contributed by atoms with Crippen LogP contribution in [-0.2, 0) is 66.4 Å². The molecule has 0 saturated carbocycles. The van der Waals surface area contributed by atoms with Gasteiger partial charge >= 0.3 is 42.9 Å². The van der Waals surface area contributed by atoms with Crippen molar-refractivity contribution in [1.82, 2.24) is 0 Å². The van der Waals surface area contributed by atoms with Crippen LogP contribution in [0.2, 0.25) is 0 Å². The average molecular weight is 869 g/mol. The van der Waals surface area contributed by atoms with Crippen molar-refractivity contribution in [3.63, 3.8) is 0 Å². The highest BCUT2D eigenvalue weighted by Gasteiger charge is 2.52. The Morgan fingerprint density at radius 1 is 0.552 bits per heavy atom. The second-order valence-corrected chi connectivity index (χ2v) is 12.8. The summed E-state index contributed by atoms with van der Waals surface area (Å²) in [6, 6.07) is 0. The lowest BCUT2D eigenvalue weighted by molar-refractivity contribution is -0.142. The van der Waals surface area contributed by atoms with Gasteiger partial charge in [0, 0.05) is 24.6 Å². The third kappa shape index (κ3) is 27.2. The second kappa shape index (κ2) is 30.6. The van der Waals surface area contributed by atoms with Gasteiger partial charge in [-0.1, -0.05) is 13.8 Å². The maximum atomic E-state index is 11.6. The number of aliphatic hydroxyl groups excluding tert-OH is 4. The number of halogens is 1. The van der Waals surface area contributed by atoms with E-state index in [0.29, 0.717) is 5.88 Å². The van der Waals surface area contributed by atoms with Crippen molar-refractivity contribution in [3.05, 3.63) is 0 Å². The van der Waals surface area contributed by atoms with Crippen molar-refractivity contribution < 1.29 is 116 Å². The number of ether oxygens (including phenoxy) is 13. The molecular weight excluding hydrogens is 816 g/mol. The van der Waals surface area contributed by atoms with Crippen LogP contribution >= 0.6 is 11.6 Å². The average Bonchev–Trinajstić information content (AvgIpc) is 3.74. The smallest absolute Gasteiger partial charge is 0.465 e. The van der Waals surface area contributed by atoms with Crippen LogP contribution in [0.25, 0.3) is 0 Å². The first-order valence-electron chi connectivity index (χ1n) is 17.5. The minimum Gasteiger partial charge on any atom is -0.465 e. The van der Waals surface area contributed by atoms with Gasteiger partial charge in [0.2, 0.25) is 0 Å². The summed E-state index contributed by atoms with van der Waals surface area (Å²) in [7, 11) is 0. The Morgan fingerprint density at radius 2 is 0.914 bits per heavy atom. The third-order valence-electron chi connectivity index (χ3n) is 6.24. The van der Waals surface area contributed by atoms with Gasteiger partial charge in [-0.2, -0.15) is 0 Å². The Kier molecular flexibility index (Phi) is 28.2. The number of aliphatic hydroxyl groups is 4. The highest BCUT2D eigenvalue weighted by atomic mass is 35.5. The van der Waals surface area contributed by atoms with Gasteiger partial charge in [-0.25, -0.2) is 28.8 Å². The molecule has 2 fully saturated rings. The Balaban J connectivity index is 0.000000945. The van der Waals surface area contributed by atoms with Crippen molar-refractivity contribution in [1.29, 1.82) is 0 Å². The van der Waals surface area contributed by atoms with Gasteiger partial charge in [0.1, 0.15) is 45.2 Å². The van der Waals surface area contributed by atoms with E-state index in [1.165, 1.54) is 27.7 Å². The van der Waals surface area contributed by atoms with Crippen molar-refractivity contribution in [3.8, 4) is 0 Å². The van der Waals surface area contributed by atoms with Crippen molar-refractivity contribution in [2.75, 3.05) is 71.9 Å². The van der Waals surface area contributed by atoms with Gasteiger partial charge in [-0.15, -0.1) is 11.6 Å². The van der Waals surface area contributed by atoms with E-state index in [1.54, 1.807) is 6.92 Å². The van der Waals surface area contributed by atoms with Crippen LogP contribution in [0.4, 0.5) is 28.8 Å². The van der Waals surface area contributed by atoms with Crippen molar-refractivity contribution in [2.45, 2.75) is 84.3 Å². The highest BCUT2D eigenvalue weighted by Crippen LogP contribution is 2.31. The SMILES string of the molecule is CC(=O)OCC(C)COC(=O)OCC(C)O.CC(O)COC(=O)OC(=O)OC1COC2C(OC(=O)OC(=O)OCCO)COC12.CC(O)COC(=O)OCC(C)CCl. The molecule has 2 aliphatic heterocycles. The normalized spacial score (nSPS) is 20.1. The van der Waals surface area contributed by atoms with Crippen LogP contribution in [0, 0.1) is 11.8 Å². The van der Waals surface area contributed by atoms with E-state index in [2.05, 4.69) is 33.2 Å². The molecule has 2 rings (SSSR count). The van der Waals surface area contributed by atoms with E-state index in [-0.39, 0.29) is 77.3 Å². The summed E-state index contributed by atoms with van der Waals surface area (Å²) >= 11 is 5.49. The summed E-state index contributed by atoms with van der Waals surface area (Å²) < 4.78 is 61.1. The van der Waals surface area contributed by atoms with Gasteiger partial charge in [-0.05, 0) is 20.8 Å². The number of alkyl halides is 1. The van der Waals surface area contributed by atoms with E-state index in [9.17, 15) is 33.6 Å². The van der Waals surface area contributed by atoms with Crippen LogP contribution in [0.5, 0.6) is 0 Å². The standard InChI is InChI=1S/C15H20O14.C10H18O6.C8H15ClO4/c1-7(17)4-25-13(19)29-15(21)27-9-6-24-10-8(5-23-11(9)10)26-14(20)28-12(18)22-3-2-16;1-7(4-14-9(3)12)5-15-10(13)16-6-8(2)11;1-6(3-9)4-12-8(11)13-5-7(2)10/h7-11,16-17H,2-6H2,1H3;7-8,11H,4-6H2,1-3H3;6-7,10H,3-5H2,1-2H3. The zero-order valence-corrected chi connectivity index (χ0v) is 33.6. The molecule has 9 unspecified atom stereocenters. The molecule has 58 heavy (non-hydrogen) atoms. The van der Waals surface area contributed by atoms with E-state index in [1.807, 2.05) is 6.92 Å². The molecule has 0 aliphatic carbocycles. The molecule has 336 valence electrons. The van der Waals surface area contributed by atoms with Crippen molar-refractivity contribution in [2.24, 2.45) is 11.8 Å². The zero-order chi connectivity index (χ0) is 44.2. The summed E-state index contributed by atoms with van der Waals surface area (Å²) in [5.41, 5.74) is 0. The number of carbonyl (C=O) groups excluding carboxylic acids is 7. The fraction of sp³-hybridized carbons (Fsp3) is 0.788. The number of hydrogen-bond donors (Lipinski definition) is 4. The molecule has 0 amide bonds. The quantitative estimate of drug-likeness (QED) is 0.0698.